The van der Waals surface area contributed by atoms with Crippen LogP contribution in [0.4, 0.5) is 13.2 Å². The van der Waals surface area contributed by atoms with Crippen molar-refractivity contribution >= 4 is 11.6 Å². The maximum absolute atomic E-state index is 13.7. The van der Waals surface area contributed by atoms with Gasteiger partial charge in [-0.1, -0.05) is 13.0 Å². The first kappa shape index (κ1) is 26.6. The Balaban J connectivity index is 0.000000465. The molecule has 4 heterocycles. The van der Waals surface area contributed by atoms with Gasteiger partial charge in [0, 0.05) is 47.6 Å². The molecule has 0 spiro atoms. The number of pyridine rings is 1. The van der Waals surface area contributed by atoms with E-state index in [4.69, 9.17) is 19.9 Å². The molecule has 3 aromatic heterocycles. The van der Waals surface area contributed by atoms with Gasteiger partial charge in [0.2, 0.25) is 0 Å². The van der Waals surface area contributed by atoms with Crippen molar-refractivity contribution in [2.75, 3.05) is 13.7 Å². The van der Waals surface area contributed by atoms with E-state index in [1.807, 2.05) is 6.92 Å². The number of nitrogens with zero attached hydrogens (tertiary/aromatic N) is 5. The number of rotatable bonds is 5. The second kappa shape index (κ2) is 10.6. The van der Waals surface area contributed by atoms with E-state index in [9.17, 15) is 18.0 Å². The SMILES string of the molecule is CCC(O)CO.CN1C(=O)c2cccc(OC(F)F)c2C2CC1c1nn3ccc(-c4cncc(F)c4)nc3c12. The molecule has 2 bridgehead atoms. The Morgan fingerprint density at radius 3 is 2.67 bits per heavy atom. The molecular formula is C27H26F3N5O4. The molecule has 2 aliphatic rings. The smallest absolute Gasteiger partial charge is 0.387 e. The Labute approximate surface area is 221 Å². The maximum Gasteiger partial charge on any atom is 0.387 e. The van der Waals surface area contributed by atoms with Crippen molar-refractivity contribution in [1.29, 1.82) is 0 Å². The number of amides is 1. The van der Waals surface area contributed by atoms with Crippen LogP contribution in [0.15, 0.2) is 48.9 Å². The second-order valence-corrected chi connectivity index (χ2v) is 9.33. The summed E-state index contributed by atoms with van der Waals surface area (Å²) in [6, 6.07) is 7.29. The highest BCUT2D eigenvalue weighted by Gasteiger charge is 2.46. The molecule has 1 aromatic carbocycles. The highest BCUT2D eigenvalue weighted by molar-refractivity contribution is 5.98. The fourth-order valence-electron chi connectivity index (χ4n) is 5.06. The standard InChI is InChI=1S/C23H16F3N5O2.C4H10O2/c1-30-16-8-14(18-13(22(30)32)3-2-4-17(18)33-23(25)26)19-20(16)29-31-6-5-15(28-21(19)31)11-7-12(24)10-27-9-11;1-2-4(6)3-5/h2-7,9-10,14,16,23H,8H2,1H3;4-6H,2-3H2,1H3. The first-order valence-corrected chi connectivity index (χ1v) is 12.4. The first-order valence-electron chi connectivity index (χ1n) is 12.4. The fourth-order valence-corrected chi connectivity index (χ4v) is 5.06. The molecule has 4 aromatic rings. The average molecular weight is 542 g/mol. The van der Waals surface area contributed by atoms with E-state index >= 15 is 0 Å². The van der Waals surface area contributed by atoms with Crippen LogP contribution in [0.1, 0.15) is 58.9 Å². The molecule has 1 aliphatic carbocycles. The molecule has 1 amide bonds. The minimum atomic E-state index is -3.03. The van der Waals surface area contributed by atoms with E-state index in [0.29, 0.717) is 46.6 Å². The van der Waals surface area contributed by atoms with Crippen molar-refractivity contribution in [3.8, 4) is 17.0 Å². The Bertz CT molecular complexity index is 1520. The largest absolute Gasteiger partial charge is 0.434 e. The summed E-state index contributed by atoms with van der Waals surface area (Å²) in [6.45, 7) is -1.32. The van der Waals surface area contributed by atoms with E-state index in [-0.39, 0.29) is 24.3 Å². The van der Waals surface area contributed by atoms with Gasteiger partial charge in [0.1, 0.15) is 11.6 Å². The molecule has 3 unspecified atom stereocenters. The van der Waals surface area contributed by atoms with Gasteiger partial charge < -0.3 is 19.8 Å². The number of hydrogen-bond acceptors (Lipinski definition) is 7. The lowest BCUT2D eigenvalue weighted by molar-refractivity contribution is -0.0505. The lowest BCUT2D eigenvalue weighted by atomic mass is 9.89. The van der Waals surface area contributed by atoms with Crippen LogP contribution in [0.25, 0.3) is 16.9 Å². The van der Waals surface area contributed by atoms with Crippen LogP contribution in [-0.2, 0) is 0 Å². The normalized spacial score (nSPS) is 18.4. The fraction of sp³-hybridized carbons (Fsp3) is 0.333. The van der Waals surface area contributed by atoms with Crippen molar-refractivity contribution in [3.05, 3.63) is 77.1 Å². The van der Waals surface area contributed by atoms with Crippen molar-refractivity contribution in [1.82, 2.24) is 24.5 Å². The number of carbonyl (C=O) groups is 1. The molecule has 0 radical (unpaired) electrons. The zero-order valence-corrected chi connectivity index (χ0v) is 21.1. The topological polar surface area (TPSA) is 113 Å². The summed E-state index contributed by atoms with van der Waals surface area (Å²) in [5.74, 6) is -1.22. The summed E-state index contributed by atoms with van der Waals surface area (Å²) >= 11 is 0. The molecule has 9 nitrogen and oxygen atoms in total. The lowest BCUT2D eigenvalue weighted by Gasteiger charge is -2.23. The van der Waals surface area contributed by atoms with Gasteiger partial charge in [-0.05, 0) is 37.1 Å². The Morgan fingerprint density at radius 2 is 2.00 bits per heavy atom. The van der Waals surface area contributed by atoms with Crippen molar-refractivity contribution < 1.29 is 32.9 Å². The third-order valence-corrected chi connectivity index (χ3v) is 7.00. The van der Waals surface area contributed by atoms with Crippen LogP contribution in [0.5, 0.6) is 5.75 Å². The number of aliphatic hydroxyl groups excluding tert-OH is 2. The number of alkyl halides is 2. The Kier molecular flexibility index (Phi) is 7.23. The Hall–Kier alpha value is -4.03. The third kappa shape index (κ3) is 4.81. The quantitative estimate of drug-likeness (QED) is 0.394. The van der Waals surface area contributed by atoms with Gasteiger partial charge in [0.15, 0.2) is 5.65 Å². The number of fused-ring (bicyclic) bond motifs is 9. The molecule has 39 heavy (non-hydrogen) atoms. The number of aliphatic hydroxyl groups is 2. The average Bonchev–Trinajstić information content (AvgIpc) is 3.45. The molecule has 3 atom stereocenters. The molecule has 0 saturated carbocycles. The van der Waals surface area contributed by atoms with Gasteiger partial charge in [-0.2, -0.15) is 13.9 Å². The molecule has 204 valence electrons. The monoisotopic (exact) mass is 541 g/mol. The van der Waals surface area contributed by atoms with Gasteiger partial charge in [0.25, 0.3) is 5.91 Å². The van der Waals surface area contributed by atoms with Gasteiger partial charge in [0.05, 0.1) is 36.3 Å². The zero-order chi connectivity index (χ0) is 27.8. The first-order chi connectivity index (χ1) is 18.7. The number of carbonyl (C=O) groups excluding carboxylic acids is 1. The highest BCUT2D eigenvalue weighted by atomic mass is 19.3. The summed E-state index contributed by atoms with van der Waals surface area (Å²) in [7, 11) is 1.68. The maximum atomic E-state index is 13.7. The van der Waals surface area contributed by atoms with E-state index in [2.05, 4.69) is 10.1 Å². The minimum absolute atomic E-state index is 0.0346. The molecule has 12 heteroatoms. The highest BCUT2D eigenvalue weighted by Crippen LogP contribution is 2.53. The van der Waals surface area contributed by atoms with Crippen molar-refractivity contribution in [2.24, 2.45) is 0 Å². The van der Waals surface area contributed by atoms with E-state index in [1.54, 1.807) is 34.8 Å². The second-order valence-electron chi connectivity index (χ2n) is 9.33. The van der Waals surface area contributed by atoms with Gasteiger partial charge in [-0.3, -0.25) is 9.78 Å². The number of ether oxygens (including phenoxy) is 1. The lowest BCUT2D eigenvalue weighted by Crippen LogP contribution is -2.30. The molecular weight excluding hydrogens is 515 g/mol. The van der Waals surface area contributed by atoms with Gasteiger partial charge in [-0.15, -0.1) is 0 Å². The van der Waals surface area contributed by atoms with Crippen LogP contribution >= 0.6 is 0 Å². The summed E-state index contributed by atoms with van der Waals surface area (Å²) in [6.07, 6.45) is 4.93. The van der Waals surface area contributed by atoms with Crippen LogP contribution in [-0.4, -0.2) is 67.0 Å². The molecule has 2 N–H and O–H groups in total. The predicted molar refractivity (Wildman–Crippen MR) is 134 cm³/mol. The third-order valence-electron chi connectivity index (χ3n) is 7.00. The summed E-state index contributed by atoms with van der Waals surface area (Å²) in [5, 5.41) is 21.2. The molecule has 0 saturated heterocycles. The summed E-state index contributed by atoms with van der Waals surface area (Å²) in [5.41, 5.74) is 3.65. The van der Waals surface area contributed by atoms with Crippen molar-refractivity contribution in [3.63, 3.8) is 0 Å². The van der Waals surface area contributed by atoms with E-state index in [1.165, 1.54) is 24.4 Å². The van der Waals surface area contributed by atoms with Crippen LogP contribution in [0.2, 0.25) is 0 Å². The van der Waals surface area contributed by atoms with Crippen LogP contribution < -0.4 is 4.74 Å². The number of benzene rings is 1. The molecule has 0 fully saturated rings. The van der Waals surface area contributed by atoms with Crippen molar-refractivity contribution in [2.45, 2.75) is 44.4 Å². The molecule has 1 aliphatic heterocycles. The minimum Gasteiger partial charge on any atom is -0.434 e. The van der Waals surface area contributed by atoms with Crippen LogP contribution in [0.3, 0.4) is 0 Å². The van der Waals surface area contributed by atoms with Crippen LogP contribution in [0, 0.1) is 5.82 Å². The number of hydrogen-bond donors (Lipinski definition) is 2. The Morgan fingerprint density at radius 1 is 1.21 bits per heavy atom. The zero-order valence-electron chi connectivity index (χ0n) is 21.1. The summed E-state index contributed by atoms with van der Waals surface area (Å²) in [4.78, 5) is 23.3. The number of aromatic nitrogens is 4. The van der Waals surface area contributed by atoms with E-state index in [0.717, 1.165) is 11.8 Å². The van der Waals surface area contributed by atoms with Gasteiger partial charge in [-0.25, -0.2) is 13.9 Å². The molecule has 6 rings (SSSR count). The van der Waals surface area contributed by atoms with E-state index < -0.39 is 24.5 Å². The predicted octanol–water partition coefficient (Wildman–Crippen LogP) is 3.94. The summed E-state index contributed by atoms with van der Waals surface area (Å²) < 4.78 is 46.5. The number of halogens is 3. The van der Waals surface area contributed by atoms with Gasteiger partial charge >= 0.3 is 6.61 Å².